The number of rotatable bonds is 1. The Morgan fingerprint density at radius 2 is 2.44 bits per heavy atom. The van der Waals surface area contributed by atoms with E-state index in [1.54, 1.807) is 6.21 Å². The summed E-state index contributed by atoms with van der Waals surface area (Å²) < 4.78 is 0. The zero-order valence-corrected chi connectivity index (χ0v) is 6.09. The highest BCUT2D eigenvalue weighted by atomic mass is 14.4. The smallest absolute Gasteiger partial charge is 0.146 e. The highest BCUT2D eigenvalue weighted by molar-refractivity contribution is 5.63. The fraction of sp³-hybridized carbons (Fsp3) is 0.625. The van der Waals surface area contributed by atoms with Gasteiger partial charge in [-0.05, 0) is 19.3 Å². The van der Waals surface area contributed by atoms with Crippen LogP contribution in [0, 0.1) is 11.3 Å². The topological polar surface area (TPSA) is 25.6 Å². The number of nitrogens with two attached hydrogens (primary N) is 1. The van der Waals surface area contributed by atoms with Crippen molar-refractivity contribution in [2.45, 2.75) is 20.3 Å². The Morgan fingerprint density at radius 3 is 2.67 bits per heavy atom. The van der Waals surface area contributed by atoms with Gasteiger partial charge in [0.15, 0.2) is 0 Å². The number of allylic oxidation sites excluding steroid dienone is 2. The lowest BCUT2D eigenvalue weighted by molar-refractivity contribution is -0.114. The SMILES string of the molecule is C[C@H]1CC=CC1(C)C=[NH2+]. The Kier molecular flexibility index (Phi) is 1.43. The summed E-state index contributed by atoms with van der Waals surface area (Å²) in [6, 6.07) is 0. The van der Waals surface area contributed by atoms with Crippen LogP contribution in [0.15, 0.2) is 12.2 Å². The minimum absolute atomic E-state index is 0.167. The molecule has 9 heavy (non-hydrogen) atoms. The van der Waals surface area contributed by atoms with Gasteiger partial charge in [0, 0.05) is 0 Å². The van der Waals surface area contributed by atoms with Gasteiger partial charge in [0.05, 0.1) is 5.41 Å². The first-order chi connectivity index (χ1) is 4.19. The van der Waals surface area contributed by atoms with Gasteiger partial charge in [0.25, 0.3) is 0 Å². The van der Waals surface area contributed by atoms with Crippen LogP contribution in [0.2, 0.25) is 0 Å². The average Bonchev–Trinajstić information content (AvgIpc) is 2.15. The summed E-state index contributed by atoms with van der Waals surface area (Å²) in [6.45, 7) is 4.39. The van der Waals surface area contributed by atoms with Crippen LogP contribution in [0.4, 0.5) is 0 Å². The Morgan fingerprint density at radius 1 is 1.78 bits per heavy atom. The lowest BCUT2D eigenvalue weighted by atomic mass is 9.83. The zero-order chi connectivity index (χ0) is 6.91. The van der Waals surface area contributed by atoms with Crippen molar-refractivity contribution >= 4 is 6.21 Å². The highest BCUT2D eigenvalue weighted by Crippen LogP contribution is 2.34. The molecule has 0 radical (unpaired) electrons. The molecule has 0 spiro atoms. The number of hydrogen-bond acceptors (Lipinski definition) is 0. The van der Waals surface area contributed by atoms with Crippen molar-refractivity contribution in [1.82, 2.24) is 0 Å². The van der Waals surface area contributed by atoms with Crippen LogP contribution in [0.3, 0.4) is 0 Å². The summed E-state index contributed by atoms with van der Waals surface area (Å²) in [5.41, 5.74) is 0.167. The largest absolute Gasteiger partial charge is 0.263 e. The van der Waals surface area contributed by atoms with Crippen molar-refractivity contribution in [3.8, 4) is 0 Å². The van der Waals surface area contributed by atoms with Crippen molar-refractivity contribution in [2.75, 3.05) is 0 Å². The van der Waals surface area contributed by atoms with E-state index < -0.39 is 0 Å². The van der Waals surface area contributed by atoms with Gasteiger partial charge >= 0.3 is 0 Å². The Balaban J connectivity index is 2.78. The molecule has 0 aromatic carbocycles. The summed E-state index contributed by atoms with van der Waals surface area (Å²) in [4.78, 5) is 0. The zero-order valence-electron chi connectivity index (χ0n) is 6.09. The van der Waals surface area contributed by atoms with Gasteiger partial charge < -0.3 is 0 Å². The first-order valence-corrected chi connectivity index (χ1v) is 3.43. The first kappa shape index (κ1) is 6.53. The summed E-state index contributed by atoms with van der Waals surface area (Å²) in [6.07, 6.45) is 7.36. The molecule has 50 valence electrons. The van der Waals surface area contributed by atoms with Crippen LogP contribution in [0.1, 0.15) is 20.3 Å². The average molecular weight is 124 g/mol. The van der Waals surface area contributed by atoms with E-state index in [4.69, 9.17) is 5.41 Å². The second-order valence-electron chi connectivity index (χ2n) is 3.07. The lowest BCUT2D eigenvalue weighted by Gasteiger charge is -2.18. The molecule has 1 rings (SSSR count). The van der Waals surface area contributed by atoms with E-state index in [-0.39, 0.29) is 5.41 Å². The second kappa shape index (κ2) is 1.98. The fourth-order valence-electron chi connectivity index (χ4n) is 1.16. The minimum atomic E-state index is 0.167. The van der Waals surface area contributed by atoms with Gasteiger partial charge in [-0.15, -0.1) is 0 Å². The molecule has 1 aliphatic carbocycles. The molecule has 1 unspecified atom stereocenters. The Labute approximate surface area is 56.3 Å². The molecule has 1 aliphatic rings. The van der Waals surface area contributed by atoms with E-state index in [0.29, 0.717) is 5.92 Å². The molecule has 2 N–H and O–H groups in total. The molecule has 0 aliphatic heterocycles. The van der Waals surface area contributed by atoms with Gasteiger partial charge in [-0.3, -0.25) is 5.41 Å². The molecule has 0 heterocycles. The molecule has 0 fully saturated rings. The van der Waals surface area contributed by atoms with Crippen LogP contribution in [0.25, 0.3) is 0 Å². The van der Waals surface area contributed by atoms with Crippen LogP contribution < -0.4 is 5.41 Å². The van der Waals surface area contributed by atoms with Gasteiger partial charge in [0.1, 0.15) is 6.21 Å². The van der Waals surface area contributed by atoms with Gasteiger partial charge in [0.2, 0.25) is 0 Å². The van der Waals surface area contributed by atoms with Crippen molar-refractivity contribution in [1.29, 1.82) is 0 Å². The Hall–Kier alpha value is -0.590. The van der Waals surface area contributed by atoms with Crippen molar-refractivity contribution in [2.24, 2.45) is 11.3 Å². The maximum Gasteiger partial charge on any atom is 0.146 e. The summed E-state index contributed by atoms with van der Waals surface area (Å²) in [5, 5.41) is 5.48. The molecule has 0 saturated carbocycles. The molecule has 0 aromatic heterocycles. The maximum atomic E-state index is 5.48. The summed E-state index contributed by atoms with van der Waals surface area (Å²) in [5.74, 6) is 0.683. The van der Waals surface area contributed by atoms with Crippen LogP contribution in [-0.4, -0.2) is 6.21 Å². The predicted octanol–water partition coefficient (Wildman–Crippen LogP) is 0.419. The highest BCUT2D eigenvalue weighted by Gasteiger charge is 2.31. The van der Waals surface area contributed by atoms with E-state index in [9.17, 15) is 0 Å². The molecule has 0 saturated heterocycles. The third kappa shape index (κ3) is 0.913. The van der Waals surface area contributed by atoms with Crippen LogP contribution in [0.5, 0.6) is 0 Å². The third-order valence-electron chi connectivity index (χ3n) is 2.39. The predicted molar refractivity (Wildman–Crippen MR) is 39.0 cm³/mol. The molecular formula is C8H14N+. The summed E-state index contributed by atoms with van der Waals surface area (Å²) >= 11 is 0. The first-order valence-electron chi connectivity index (χ1n) is 3.43. The van der Waals surface area contributed by atoms with Gasteiger partial charge in [-0.2, -0.15) is 0 Å². The van der Waals surface area contributed by atoms with Crippen LogP contribution >= 0.6 is 0 Å². The molecule has 0 bridgehead atoms. The summed E-state index contributed by atoms with van der Waals surface area (Å²) in [7, 11) is 0. The normalized spacial score (nSPS) is 41.3. The Bertz CT molecular complexity index is 149. The quantitative estimate of drug-likeness (QED) is 0.387. The van der Waals surface area contributed by atoms with Crippen LogP contribution in [-0.2, 0) is 0 Å². The fourth-order valence-corrected chi connectivity index (χ4v) is 1.16. The van der Waals surface area contributed by atoms with Crippen molar-refractivity contribution in [3.63, 3.8) is 0 Å². The van der Waals surface area contributed by atoms with Crippen molar-refractivity contribution < 1.29 is 5.41 Å². The maximum absolute atomic E-state index is 5.48. The molecular weight excluding hydrogens is 110 g/mol. The standard InChI is InChI=1S/C8H13N/c1-7-4-3-5-8(7,2)6-9/h3,5-7,9H,4H2,1-2H3/p+1/t7-,8?/m0/s1. The number of hydrogen-bond donors (Lipinski definition) is 1. The third-order valence-corrected chi connectivity index (χ3v) is 2.39. The van der Waals surface area contributed by atoms with E-state index in [1.165, 1.54) is 6.42 Å². The van der Waals surface area contributed by atoms with Gasteiger partial charge in [-0.25, -0.2) is 0 Å². The minimum Gasteiger partial charge on any atom is -0.263 e. The molecule has 1 heteroatoms. The van der Waals surface area contributed by atoms with E-state index in [2.05, 4.69) is 26.0 Å². The van der Waals surface area contributed by atoms with Crippen molar-refractivity contribution in [3.05, 3.63) is 12.2 Å². The second-order valence-corrected chi connectivity index (χ2v) is 3.07. The van der Waals surface area contributed by atoms with Gasteiger partial charge in [-0.1, -0.05) is 19.1 Å². The molecule has 2 atom stereocenters. The lowest BCUT2D eigenvalue weighted by Crippen LogP contribution is -2.40. The molecule has 0 amide bonds. The van der Waals surface area contributed by atoms with E-state index in [0.717, 1.165) is 0 Å². The monoisotopic (exact) mass is 124 g/mol. The van der Waals surface area contributed by atoms with E-state index >= 15 is 0 Å². The van der Waals surface area contributed by atoms with E-state index in [1.807, 2.05) is 0 Å². The molecule has 0 aromatic rings. The molecule has 1 nitrogen and oxygen atoms in total.